The van der Waals surface area contributed by atoms with Crippen LogP contribution in [-0.2, 0) is 9.24 Å². The predicted octanol–water partition coefficient (Wildman–Crippen LogP) is 0.425. The third-order valence-electron chi connectivity index (χ3n) is 0. The van der Waals surface area contributed by atoms with Crippen molar-refractivity contribution in [2.45, 2.75) is 0 Å². The smallest absolute Gasteiger partial charge is 0.0876 e. The summed E-state index contributed by atoms with van der Waals surface area (Å²) in [7, 11) is -1.22. The lowest BCUT2D eigenvalue weighted by atomic mass is 15.9. The largest absolute Gasteiger partial charge is 0.594 e. The monoisotopic (exact) mass is 114 g/mol. The van der Waals surface area contributed by atoms with E-state index in [9.17, 15) is 4.55 Å². The van der Waals surface area contributed by atoms with Crippen molar-refractivity contribution < 1.29 is 4.55 Å². The van der Waals surface area contributed by atoms with E-state index in [1.54, 1.807) is 0 Å². The quantitative estimate of drug-likeness (QED) is 0.266. The first-order valence-corrected chi connectivity index (χ1v) is 3.79. The molecule has 0 unspecified atom stereocenters. The Morgan fingerprint density at radius 2 is 1.50 bits per heavy atom. The third-order valence-corrected chi connectivity index (χ3v) is 0. The fraction of sp³-hybridized carbons (Fsp3) is 0. The summed E-state index contributed by atoms with van der Waals surface area (Å²) in [6.07, 6.45) is 0. The minimum Gasteiger partial charge on any atom is -0.594 e. The zero-order valence-electron chi connectivity index (χ0n) is 1.71. The van der Waals surface area contributed by atoms with E-state index in [1.165, 1.54) is 0 Å². The molecule has 4 heteroatoms. The SMILES string of the molecule is [O-][S+](S)S. The van der Waals surface area contributed by atoms with Crippen LogP contribution in [0.5, 0.6) is 0 Å². The van der Waals surface area contributed by atoms with Crippen LogP contribution >= 0.6 is 23.3 Å². The Hall–Kier alpha value is 1.01. The van der Waals surface area contributed by atoms with Gasteiger partial charge in [0.25, 0.3) is 0 Å². The minimum absolute atomic E-state index is 1.22. The normalized spacial score (nSPS) is 9.00. The lowest BCUT2D eigenvalue weighted by Crippen LogP contribution is -1.64. The van der Waals surface area contributed by atoms with Crippen molar-refractivity contribution in [1.82, 2.24) is 0 Å². The van der Waals surface area contributed by atoms with Crippen molar-refractivity contribution in [1.29, 1.82) is 0 Å². The first-order valence-electron chi connectivity index (χ1n) is 0.532. The van der Waals surface area contributed by atoms with Gasteiger partial charge < -0.3 is 4.55 Å². The maximum absolute atomic E-state index is 9.28. The zero-order chi connectivity index (χ0) is 3.58. The number of hydrogen-bond donors (Lipinski definition) is 2. The summed E-state index contributed by atoms with van der Waals surface area (Å²) in [5.41, 5.74) is 0. The lowest BCUT2D eigenvalue weighted by Gasteiger charge is -1.80. The van der Waals surface area contributed by atoms with Gasteiger partial charge in [0.2, 0.25) is 0 Å². The molecule has 0 aliphatic rings. The molecule has 0 saturated heterocycles. The average Bonchev–Trinajstić information content (AvgIpc) is 0.811. The highest BCUT2D eigenvalue weighted by atomic mass is 33.5. The van der Waals surface area contributed by atoms with Crippen LogP contribution in [0.15, 0.2) is 0 Å². The van der Waals surface area contributed by atoms with Crippen LogP contribution in [-0.4, -0.2) is 4.55 Å². The first-order chi connectivity index (χ1) is 1.73. The third kappa shape index (κ3) is 11.9. The van der Waals surface area contributed by atoms with Crippen LogP contribution in [0.4, 0.5) is 0 Å². The lowest BCUT2D eigenvalue weighted by molar-refractivity contribution is 0.623. The summed E-state index contributed by atoms with van der Waals surface area (Å²) in [4.78, 5) is 0. The Kier molecular flexibility index (Phi) is 2.83. The first kappa shape index (κ1) is 5.01. The van der Waals surface area contributed by atoms with Gasteiger partial charge in [-0.05, 0) is 0 Å². The molecule has 26 valence electrons. The standard InChI is InChI=1S/H2OS3/c1-4(2)3/h(H2,1,2,3). The van der Waals surface area contributed by atoms with E-state index < -0.39 is 9.24 Å². The Bertz CT molecular complexity index is 8.00. The molecular formula is H2OS3. The minimum atomic E-state index is -1.22. The number of thiol groups is 2. The van der Waals surface area contributed by atoms with Crippen molar-refractivity contribution in [2.75, 3.05) is 0 Å². The van der Waals surface area contributed by atoms with E-state index in [2.05, 4.69) is 23.3 Å². The van der Waals surface area contributed by atoms with Crippen LogP contribution in [0.1, 0.15) is 0 Å². The summed E-state index contributed by atoms with van der Waals surface area (Å²) < 4.78 is 9.28. The molecule has 0 aromatic heterocycles. The Labute approximate surface area is 37.6 Å². The molecule has 0 saturated carbocycles. The van der Waals surface area contributed by atoms with Gasteiger partial charge in [0.15, 0.2) is 0 Å². The van der Waals surface area contributed by atoms with Gasteiger partial charge in [-0.2, -0.15) is 0 Å². The van der Waals surface area contributed by atoms with Gasteiger partial charge in [-0.1, -0.05) is 0 Å². The fourth-order valence-electron chi connectivity index (χ4n) is 0. The van der Waals surface area contributed by atoms with E-state index >= 15 is 0 Å². The van der Waals surface area contributed by atoms with E-state index in [4.69, 9.17) is 0 Å². The van der Waals surface area contributed by atoms with Crippen LogP contribution in [0.25, 0.3) is 0 Å². The maximum Gasteiger partial charge on any atom is 0.0876 e. The van der Waals surface area contributed by atoms with E-state index in [0.29, 0.717) is 0 Å². The summed E-state index contributed by atoms with van der Waals surface area (Å²) in [5, 5.41) is 0. The van der Waals surface area contributed by atoms with Crippen molar-refractivity contribution in [2.24, 2.45) is 0 Å². The molecular weight excluding hydrogens is 112 g/mol. The molecule has 0 spiro atoms. The second kappa shape index (κ2) is 2.26. The van der Waals surface area contributed by atoms with Gasteiger partial charge in [-0.15, -0.1) is 0 Å². The molecule has 1 nitrogen and oxygen atoms in total. The van der Waals surface area contributed by atoms with Crippen LogP contribution in [0, 0.1) is 0 Å². The fourth-order valence-corrected chi connectivity index (χ4v) is 0. The highest BCUT2D eigenvalue weighted by molar-refractivity contribution is 8.95. The van der Waals surface area contributed by atoms with Crippen molar-refractivity contribution in [3.63, 3.8) is 0 Å². The molecule has 0 fully saturated rings. The topological polar surface area (TPSA) is 23.1 Å². The van der Waals surface area contributed by atoms with E-state index in [0.717, 1.165) is 0 Å². The van der Waals surface area contributed by atoms with Crippen molar-refractivity contribution in [3.8, 4) is 0 Å². The summed E-state index contributed by atoms with van der Waals surface area (Å²) >= 11 is 6.60. The van der Waals surface area contributed by atoms with Crippen LogP contribution < -0.4 is 0 Å². The molecule has 0 aliphatic carbocycles. The highest BCUT2D eigenvalue weighted by Gasteiger charge is 1.73. The zero-order valence-corrected chi connectivity index (χ0v) is 4.32. The van der Waals surface area contributed by atoms with E-state index in [1.807, 2.05) is 0 Å². The molecule has 0 rings (SSSR count). The van der Waals surface area contributed by atoms with Gasteiger partial charge in [0.1, 0.15) is 0 Å². The summed E-state index contributed by atoms with van der Waals surface area (Å²) in [5.74, 6) is 0. The van der Waals surface area contributed by atoms with Gasteiger partial charge in [0.05, 0.1) is 32.6 Å². The second-order valence-electron chi connectivity index (χ2n) is 0.231. The molecule has 0 aliphatic heterocycles. The summed E-state index contributed by atoms with van der Waals surface area (Å²) in [6, 6.07) is 0. The maximum atomic E-state index is 9.28. The molecule has 4 heavy (non-hydrogen) atoms. The van der Waals surface area contributed by atoms with Gasteiger partial charge in [-0.25, -0.2) is 0 Å². The van der Waals surface area contributed by atoms with E-state index in [-0.39, 0.29) is 0 Å². The molecule has 0 radical (unpaired) electrons. The predicted molar refractivity (Wildman–Crippen MR) is 26.1 cm³/mol. The molecule has 0 N–H and O–H groups in total. The number of rotatable bonds is 0. The Morgan fingerprint density at radius 3 is 1.50 bits per heavy atom. The molecule has 0 heterocycles. The molecule has 0 amide bonds. The van der Waals surface area contributed by atoms with Crippen molar-refractivity contribution in [3.05, 3.63) is 0 Å². The molecule has 0 atom stereocenters. The van der Waals surface area contributed by atoms with Crippen LogP contribution in [0.2, 0.25) is 0 Å². The summed E-state index contributed by atoms with van der Waals surface area (Å²) in [6.45, 7) is 0. The molecule has 0 aromatic carbocycles. The highest BCUT2D eigenvalue weighted by Crippen LogP contribution is 1.96. The second-order valence-corrected chi connectivity index (χ2v) is 3.55. The van der Waals surface area contributed by atoms with Gasteiger partial charge in [-0.3, -0.25) is 0 Å². The Balaban J connectivity index is 2.32. The van der Waals surface area contributed by atoms with Gasteiger partial charge >= 0.3 is 0 Å². The van der Waals surface area contributed by atoms with Crippen LogP contribution in [0.3, 0.4) is 0 Å². The van der Waals surface area contributed by atoms with Gasteiger partial charge in [0, 0.05) is 0 Å². The number of hydrogen-bond acceptors (Lipinski definition) is 3. The van der Waals surface area contributed by atoms with Crippen molar-refractivity contribution >= 4 is 32.6 Å². The Morgan fingerprint density at radius 1 is 1.50 bits per heavy atom. The molecule has 0 bridgehead atoms. The average molecular weight is 114 g/mol. The molecule has 0 aromatic rings.